The van der Waals surface area contributed by atoms with E-state index in [0.29, 0.717) is 6.54 Å². The van der Waals surface area contributed by atoms with E-state index in [1.54, 1.807) is 0 Å². The second-order valence-corrected chi connectivity index (χ2v) is 10.1. The molecule has 0 atom stereocenters. The fourth-order valence-electron chi connectivity index (χ4n) is 3.64. The van der Waals surface area contributed by atoms with Crippen molar-refractivity contribution in [3.05, 3.63) is 122 Å². The molecular weight excluding hydrogens is 373 g/mol. The average molecular weight is 396 g/mol. The van der Waals surface area contributed by atoms with Crippen LogP contribution in [0.2, 0.25) is 0 Å². The number of carbonyl (C=O) groups is 1. The summed E-state index contributed by atoms with van der Waals surface area (Å²) >= 11 is 0. The highest BCUT2D eigenvalue weighted by molar-refractivity contribution is 7.95. The topological polar surface area (TPSA) is 20.9 Å². The number of benzene rings is 3. The van der Waals surface area contributed by atoms with Gasteiger partial charge in [-0.25, -0.2) is 0 Å². The SMILES string of the molecule is O=C(C=P(c1ccccc1)(c1ccccc1)c1ccccc1)C[n+]1ccccc1. The van der Waals surface area contributed by atoms with E-state index in [0.717, 1.165) is 0 Å². The summed E-state index contributed by atoms with van der Waals surface area (Å²) in [5.74, 6) is 2.11. The first-order chi connectivity index (χ1) is 14.3. The molecule has 3 heteroatoms. The molecule has 1 heterocycles. The Labute approximate surface area is 172 Å². The quantitative estimate of drug-likeness (QED) is 0.362. The second-order valence-electron chi connectivity index (χ2n) is 6.87. The molecule has 0 saturated heterocycles. The molecule has 0 spiro atoms. The highest BCUT2D eigenvalue weighted by Crippen LogP contribution is 2.43. The zero-order valence-corrected chi connectivity index (χ0v) is 17.0. The molecule has 4 rings (SSSR count). The molecule has 0 unspecified atom stereocenters. The normalized spacial score (nSPS) is 11.0. The Hall–Kier alpha value is -3.22. The van der Waals surface area contributed by atoms with Crippen molar-refractivity contribution in [2.75, 3.05) is 0 Å². The van der Waals surface area contributed by atoms with E-state index in [-0.39, 0.29) is 5.78 Å². The number of pyridine rings is 1. The van der Waals surface area contributed by atoms with Gasteiger partial charge in [0.2, 0.25) is 12.3 Å². The maximum Gasteiger partial charge on any atom is 0.221 e. The number of hydrogen-bond acceptors (Lipinski definition) is 1. The molecule has 29 heavy (non-hydrogen) atoms. The van der Waals surface area contributed by atoms with Crippen LogP contribution in [0.3, 0.4) is 0 Å². The van der Waals surface area contributed by atoms with Gasteiger partial charge in [0, 0.05) is 12.1 Å². The fraction of sp³-hybridized carbons (Fsp3) is 0.0385. The Bertz CT molecular complexity index is 1020. The third-order valence-electron chi connectivity index (χ3n) is 4.94. The van der Waals surface area contributed by atoms with Gasteiger partial charge in [0.15, 0.2) is 12.4 Å². The van der Waals surface area contributed by atoms with Gasteiger partial charge in [-0.05, 0) is 28.6 Å². The van der Waals surface area contributed by atoms with Crippen molar-refractivity contribution in [1.29, 1.82) is 0 Å². The lowest BCUT2D eigenvalue weighted by atomic mass is 10.4. The van der Waals surface area contributed by atoms with Crippen molar-refractivity contribution in [1.82, 2.24) is 0 Å². The van der Waals surface area contributed by atoms with E-state index >= 15 is 0 Å². The third kappa shape index (κ3) is 4.13. The van der Waals surface area contributed by atoms with Crippen LogP contribution in [0.25, 0.3) is 0 Å². The molecule has 1 aromatic heterocycles. The van der Waals surface area contributed by atoms with E-state index in [9.17, 15) is 4.79 Å². The van der Waals surface area contributed by atoms with Gasteiger partial charge < -0.3 is 0 Å². The molecule has 0 aliphatic heterocycles. The van der Waals surface area contributed by atoms with E-state index in [1.165, 1.54) is 15.9 Å². The summed E-state index contributed by atoms with van der Waals surface area (Å²) in [6.07, 6.45) is 3.86. The van der Waals surface area contributed by atoms with Gasteiger partial charge in [0.05, 0.1) is 0 Å². The van der Waals surface area contributed by atoms with Crippen LogP contribution < -0.4 is 20.5 Å². The number of Topliss-reactive ketones (excluding diaryl/α,β-unsaturated/α-hetero) is 1. The smallest absolute Gasteiger partial charge is 0.221 e. The zero-order valence-electron chi connectivity index (χ0n) is 16.1. The molecule has 0 aliphatic rings. The summed E-state index contributed by atoms with van der Waals surface area (Å²) in [4.78, 5) is 13.3. The maximum atomic E-state index is 13.3. The largest absolute Gasteiger partial charge is 0.288 e. The van der Waals surface area contributed by atoms with Gasteiger partial charge in [-0.2, -0.15) is 4.57 Å². The van der Waals surface area contributed by atoms with Crippen LogP contribution in [0.4, 0.5) is 0 Å². The average Bonchev–Trinajstić information content (AvgIpc) is 2.80. The number of aromatic nitrogens is 1. The number of hydrogen-bond donors (Lipinski definition) is 0. The minimum atomic E-state index is -2.23. The first kappa shape index (κ1) is 19.1. The maximum absolute atomic E-state index is 13.3. The summed E-state index contributed by atoms with van der Waals surface area (Å²) in [7, 11) is 0. The van der Waals surface area contributed by atoms with Crippen LogP contribution in [0.15, 0.2) is 122 Å². The molecule has 0 bridgehead atoms. The van der Waals surface area contributed by atoms with Crippen LogP contribution in [-0.2, 0) is 11.3 Å². The lowest BCUT2D eigenvalue weighted by Crippen LogP contribution is -2.38. The lowest BCUT2D eigenvalue weighted by molar-refractivity contribution is -0.683. The Morgan fingerprint density at radius 2 is 1.00 bits per heavy atom. The zero-order chi connectivity index (χ0) is 19.9. The Morgan fingerprint density at radius 3 is 1.41 bits per heavy atom. The third-order valence-corrected chi connectivity index (χ3v) is 8.96. The summed E-state index contributed by atoms with van der Waals surface area (Å²) in [5, 5.41) is 3.55. The molecule has 0 saturated carbocycles. The fourth-order valence-corrected chi connectivity index (χ4v) is 7.42. The highest BCUT2D eigenvalue weighted by atomic mass is 31.2. The number of rotatable bonds is 6. The number of ketones is 1. The van der Waals surface area contributed by atoms with Crippen LogP contribution >= 0.6 is 6.89 Å². The molecule has 0 aliphatic carbocycles. The summed E-state index contributed by atoms with van der Waals surface area (Å²) in [6, 6.07) is 37.1. The first-order valence-electron chi connectivity index (χ1n) is 9.67. The summed E-state index contributed by atoms with van der Waals surface area (Å²) in [5.41, 5.74) is 0. The van der Waals surface area contributed by atoms with Crippen LogP contribution in [0.5, 0.6) is 0 Å². The van der Waals surface area contributed by atoms with Gasteiger partial charge in [-0.1, -0.05) is 97.1 Å². The molecule has 2 nitrogen and oxygen atoms in total. The van der Waals surface area contributed by atoms with Crippen molar-refractivity contribution in [2.45, 2.75) is 6.54 Å². The van der Waals surface area contributed by atoms with Crippen LogP contribution in [0, 0.1) is 0 Å². The Kier molecular flexibility index (Phi) is 5.84. The standard InChI is InChI=1S/C26H23NOP/c28-23(21-27-19-11-4-12-20-27)22-29(24-13-5-1-6-14-24,25-15-7-2-8-16-25)26-17-9-3-10-18-26/h1-20,22H,21H2/q+1. The van der Waals surface area contributed by atoms with Crippen molar-refractivity contribution in [2.24, 2.45) is 0 Å². The second kappa shape index (κ2) is 8.86. The predicted molar refractivity (Wildman–Crippen MR) is 123 cm³/mol. The van der Waals surface area contributed by atoms with Gasteiger partial charge >= 0.3 is 0 Å². The molecule has 4 aromatic rings. The molecule has 142 valence electrons. The van der Waals surface area contributed by atoms with E-state index < -0.39 is 6.89 Å². The number of carbonyl (C=O) groups excluding carboxylic acids is 1. The van der Waals surface area contributed by atoms with Crippen molar-refractivity contribution < 1.29 is 9.36 Å². The Morgan fingerprint density at radius 1 is 0.621 bits per heavy atom. The highest BCUT2D eigenvalue weighted by Gasteiger charge is 2.26. The van der Waals surface area contributed by atoms with E-state index in [1.807, 2.05) is 59.2 Å². The number of nitrogens with zero attached hydrogens (tertiary/aromatic N) is 1. The van der Waals surface area contributed by atoms with Crippen molar-refractivity contribution in [3.8, 4) is 0 Å². The van der Waals surface area contributed by atoms with E-state index in [4.69, 9.17) is 0 Å². The van der Waals surface area contributed by atoms with Gasteiger partial charge in [-0.3, -0.25) is 4.79 Å². The minimum absolute atomic E-state index is 0.117. The summed E-state index contributed by atoms with van der Waals surface area (Å²) < 4.78 is 1.93. The summed E-state index contributed by atoms with van der Waals surface area (Å²) in [6.45, 7) is -1.91. The van der Waals surface area contributed by atoms with E-state index in [2.05, 4.69) is 72.8 Å². The van der Waals surface area contributed by atoms with Crippen LogP contribution in [0.1, 0.15) is 0 Å². The first-order valence-corrected chi connectivity index (χ1v) is 11.5. The minimum Gasteiger partial charge on any atom is -0.288 e. The molecular formula is C26H23NOP+. The van der Waals surface area contributed by atoms with Gasteiger partial charge in [0.25, 0.3) is 0 Å². The monoisotopic (exact) mass is 396 g/mol. The molecule has 0 fully saturated rings. The molecule has 0 amide bonds. The van der Waals surface area contributed by atoms with Crippen molar-refractivity contribution >= 4 is 34.4 Å². The Balaban J connectivity index is 1.96. The van der Waals surface area contributed by atoms with Gasteiger partial charge in [-0.15, -0.1) is 0 Å². The molecule has 3 aromatic carbocycles. The van der Waals surface area contributed by atoms with Gasteiger partial charge in [0.1, 0.15) is 0 Å². The van der Waals surface area contributed by atoms with Crippen LogP contribution in [-0.4, -0.2) is 11.6 Å². The predicted octanol–water partition coefficient (Wildman–Crippen LogP) is 3.34. The van der Waals surface area contributed by atoms with Crippen molar-refractivity contribution in [3.63, 3.8) is 0 Å². The molecule has 0 radical (unpaired) electrons. The lowest BCUT2D eigenvalue weighted by Gasteiger charge is -2.28. The molecule has 0 N–H and O–H groups in total.